The van der Waals surface area contributed by atoms with E-state index in [0.29, 0.717) is 25.8 Å². The van der Waals surface area contributed by atoms with Crippen LogP contribution >= 0.6 is 0 Å². The van der Waals surface area contributed by atoms with Crippen LogP contribution in [0.5, 0.6) is 5.75 Å². The van der Waals surface area contributed by atoms with Crippen molar-refractivity contribution in [2.75, 3.05) is 19.6 Å². The Balaban J connectivity index is 2.05. The average molecular weight is 441 g/mol. The van der Waals surface area contributed by atoms with Crippen LogP contribution in [0.25, 0.3) is 5.57 Å². The van der Waals surface area contributed by atoms with Gasteiger partial charge in [-0.1, -0.05) is 18.6 Å². The Labute approximate surface area is 181 Å². The smallest absolute Gasteiger partial charge is 0.406 e. The molecule has 1 amide bonds. The lowest BCUT2D eigenvalue weighted by Crippen LogP contribution is -2.32. The van der Waals surface area contributed by atoms with Crippen LogP contribution in [-0.2, 0) is 9.59 Å². The van der Waals surface area contributed by atoms with Crippen LogP contribution < -0.4 is 10.1 Å². The fourth-order valence-corrected chi connectivity index (χ4v) is 3.56. The van der Waals surface area contributed by atoms with E-state index in [1.165, 1.54) is 12.1 Å². The number of Topliss-reactive ketones (excluding diaryl/α,β-unsaturated/α-hetero) is 1. The van der Waals surface area contributed by atoms with Crippen molar-refractivity contribution in [3.05, 3.63) is 35.5 Å². The minimum atomic E-state index is -4.73. The largest absolute Gasteiger partial charge is 0.573 e. The van der Waals surface area contributed by atoms with E-state index in [-0.39, 0.29) is 17.4 Å². The summed E-state index contributed by atoms with van der Waals surface area (Å²) in [7, 11) is 0. The fraction of sp³-hybridized carbons (Fsp3) is 0.565. The molecule has 0 aromatic heterocycles. The van der Waals surface area contributed by atoms with Crippen molar-refractivity contribution in [2.45, 2.75) is 65.2 Å². The van der Waals surface area contributed by atoms with Gasteiger partial charge in [0.15, 0.2) is 0 Å². The first-order chi connectivity index (χ1) is 14.6. The number of carbonyl (C=O) groups is 2. The number of amides is 1. The van der Waals surface area contributed by atoms with E-state index in [9.17, 15) is 22.8 Å². The highest BCUT2D eigenvalue weighted by molar-refractivity contribution is 5.81. The second kappa shape index (κ2) is 11.9. The van der Waals surface area contributed by atoms with Crippen molar-refractivity contribution in [3.63, 3.8) is 0 Å². The molecule has 1 aliphatic heterocycles. The van der Waals surface area contributed by atoms with Crippen LogP contribution in [0.1, 0.15) is 64.4 Å². The van der Waals surface area contributed by atoms with Crippen molar-refractivity contribution in [1.29, 1.82) is 0 Å². The van der Waals surface area contributed by atoms with Gasteiger partial charge in [0.1, 0.15) is 11.5 Å². The highest BCUT2D eigenvalue weighted by Crippen LogP contribution is 2.26. The summed E-state index contributed by atoms with van der Waals surface area (Å²) in [4.78, 5) is 25.7. The Morgan fingerprint density at radius 1 is 1.00 bits per heavy atom. The van der Waals surface area contributed by atoms with Crippen molar-refractivity contribution >= 4 is 17.3 Å². The van der Waals surface area contributed by atoms with E-state index in [4.69, 9.17) is 0 Å². The number of halogens is 3. The molecule has 1 N–H and O–H groups in total. The molecule has 0 saturated carbocycles. The third-order valence-corrected chi connectivity index (χ3v) is 5.28. The average Bonchev–Trinajstić information content (AvgIpc) is 3.19. The van der Waals surface area contributed by atoms with Gasteiger partial charge in [-0.05, 0) is 75.9 Å². The SMILES string of the molecule is CC(=O)CCCCCC(=O)N/C(CN1CCCC1)=C(/C)c1ccc(OC(F)(F)F)cc1. The van der Waals surface area contributed by atoms with E-state index in [0.717, 1.165) is 55.6 Å². The third kappa shape index (κ3) is 9.55. The number of rotatable bonds is 11. The number of ketones is 1. The van der Waals surface area contributed by atoms with E-state index in [2.05, 4.69) is 15.0 Å². The van der Waals surface area contributed by atoms with Crippen molar-refractivity contribution < 1.29 is 27.5 Å². The molecule has 5 nitrogen and oxygen atoms in total. The number of unbranched alkanes of at least 4 members (excludes halogenated alkanes) is 2. The van der Waals surface area contributed by atoms with Crippen LogP contribution in [0.15, 0.2) is 30.0 Å². The van der Waals surface area contributed by atoms with Gasteiger partial charge in [-0.3, -0.25) is 9.69 Å². The number of nitrogens with one attached hydrogen (secondary N) is 1. The summed E-state index contributed by atoms with van der Waals surface area (Å²) in [6.45, 7) is 5.92. The summed E-state index contributed by atoms with van der Waals surface area (Å²) < 4.78 is 41.1. The zero-order valence-corrected chi connectivity index (χ0v) is 18.2. The van der Waals surface area contributed by atoms with Gasteiger partial charge in [0.2, 0.25) is 5.91 Å². The maximum absolute atomic E-state index is 12.5. The topological polar surface area (TPSA) is 58.6 Å². The maximum atomic E-state index is 12.5. The summed E-state index contributed by atoms with van der Waals surface area (Å²) in [5, 5.41) is 3.02. The second-order valence-electron chi connectivity index (χ2n) is 7.97. The van der Waals surface area contributed by atoms with Gasteiger partial charge in [0, 0.05) is 25.1 Å². The van der Waals surface area contributed by atoms with Gasteiger partial charge >= 0.3 is 6.36 Å². The first kappa shape index (κ1) is 24.9. The first-order valence-electron chi connectivity index (χ1n) is 10.7. The molecule has 0 unspecified atom stereocenters. The molecular weight excluding hydrogens is 409 g/mol. The summed E-state index contributed by atoms with van der Waals surface area (Å²) in [6.07, 6.45) is 0.703. The van der Waals surface area contributed by atoms with Crippen LogP contribution in [0.2, 0.25) is 0 Å². The van der Waals surface area contributed by atoms with Crippen LogP contribution in [-0.4, -0.2) is 42.6 Å². The van der Waals surface area contributed by atoms with E-state index < -0.39 is 6.36 Å². The van der Waals surface area contributed by atoms with Crippen molar-refractivity contribution in [3.8, 4) is 5.75 Å². The minimum Gasteiger partial charge on any atom is -0.406 e. The maximum Gasteiger partial charge on any atom is 0.573 e. The molecule has 1 fully saturated rings. The lowest BCUT2D eigenvalue weighted by atomic mass is 10.0. The molecule has 1 saturated heterocycles. The summed E-state index contributed by atoms with van der Waals surface area (Å²) in [5.41, 5.74) is 2.31. The normalized spacial score (nSPS) is 15.5. The summed E-state index contributed by atoms with van der Waals surface area (Å²) in [5.74, 6) is -0.212. The number of alkyl halides is 3. The molecule has 2 rings (SSSR count). The predicted octanol–water partition coefficient (Wildman–Crippen LogP) is 5.07. The number of allylic oxidation sites excluding steroid dienone is 1. The molecule has 8 heteroatoms. The Morgan fingerprint density at radius 2 is 1.61 bits per heavy atom. The highest BCUT2D eigenvalue weighted by Gasteiger charge is 2.31. The van der Waals surface area contributed by atoms with Crippen LogP contribution in [0, 0.1) is 0 Å². The van der Waals surface area contributed by atoms with E-state index >= 15 is 0 Å². The minimum absolute atomic E-state index is 0.0894. The number of carbonyl (C=O) groups excluding carboxylic acids is 2. The fourth-order valence-electron chi connectivity index (χ4n) is 3.56. The van der Waals surface area contributed by atoms with Gasteiger partial charge in [0.25, 0.3) is 0 Å². The van der Waals surface area contributed by atoms with Crippen molar-refractivity contribution in [2.24, 2.45) is 0 Å². The Morgan fingerprint density at radius 3 is 2.19 bits per heavy atom. The van der Waals surface area contributed by atoms with Gasteiger partial charge in [-0.15, -0.1) is 13.2 Å². The standard InChI is InChI=1S/C23H31F3N2O3/c1-17(29)8-4-3-5-9-22(30)27-21(16-28-14-6-7-15-28)18(2)19-10-12-20(13-11-19)31-23(24,25)26/h10-13H,3-9,14-16H2,1-2H3,(H,27,30)/b21-18-. The number of hydrogen-bond acceptors (Lipinski definition) is 4. The lowest BCUT2D eigenvalue weighted by molar-refractivity contribution is -0.274. The highest BCUT2D eigenvalue weighted by atomic mass is 19.4. The molecule has 31 heavy (non-hydrogen) atoms. The molecular formula is C23H31F3N2O3. The van der Waals surface area contributed by atoms with E-state index in [1.807, 2.05) is 6.92 Å². The van der Waals surface area contributed by atoms with Gasteiger partial charge in [-0.2, -0.15) is 0 Å². The van der Waals surface area contributed by atoms with Crippen molar-refractivity contribution in [1.82, 2.24) is 10.2 Å². The second-order valence-corrected chi connectivity index (χ2v) is 7.97. The Bertz CT molecular complexity index is 767. The summed E-state index contributed by atoms with van der Waals surface area (Å²) >= 11 is 0. The number of ether oxygens (including phenoxy) is 1. The van der Waals surface area contributed by atoms with E-state index in [1.54, 1.807) is 19.1 Å². The number of hydrogen-bond donors (Lipinski definition) is 1. The van der Waals surface area contributed by atoms with Gasteiger partial charge in [0.05, 0.1) is 0 Å². The Kier molecular flexibility index (Phi) is 9.55. The molecule has 0 atom stereocenters. The summed E-state index contributed by atoms with van der Waals surface area (Å²) in [6, 6.07) is 5.68. The molecule has 1 heterocycles. The quantitative estimate of drug-likeness (QED) is 0.488. The van der Waals surface area contributed by atoms with Gasteiger partial charge < -0.3 is 14.8 Å². The number of nitrogens with zero attached hydrogens (tertiary/aromatic N) is 1. The number of likely N-dealkylation sites (tertiary alicyclic amines) is 1. The monoisotopic (exact) mass is 440 g/mol. The molecule has 0 spiro atoms. The molecule has 1 aromatic carbocycles. The molecule has 1 aromatic rings. The molecule has 1 aliphatic rings. The lowest BCUT2D eigenvalue weighted by Gasteiger charge is -2.21. The molecule has 0 aliphatic carbocycles. The molecule has 0 radical (unpaired) electrons. The molecule has 0 bridgehead atoms. The predicted molar refractivity (Wildman–Crippen MR) is 113 cm³/mol. The van der Waals surface area contributed by atoms with Crippen LogP contribution in [0.3, 0.4) is 0 Å². The zero-order chi connectivity index (χ0) is 22.9. The third-order valence-electron chi connectivity index (χ3n) is 5.28. The Hall–Kier alpha value is -2.35. The number of benzene rings is 1. The first-order valence-corrected chi connectivity index (χ1v) is 10.7. The zero-order valence-electron chi connectivity index (χ0n) is 18.2. The van der Waals surface area contributed by atoms with Crippen LogP contribution in [0.4, 0.5) is 13.2 Å². The van der Waals surface area contributed by atoms with Gasteiger partial charge in [-0.25, -0.2) is 0 Å². The molecule has 172 valence electrons.